The summed E-state index contributed by atoms with van der Waals surface area (Å²) in [5, 5.41) is 5.92. The van der Waals surface area contributed by atoms with Crippen LogP contribution in [0, 0.1) is 0 Å². The average Bonchev–Trinajstić information content (AvgIpc) is 2.55. The Morgan fingerprint density at radius 2 is 1.83 bits per heavy atom. The summed E-state index contributed by atoms with van der Waals surface area (Å²) >= 11 is 0. The number of Topliss-reactive ketones (excluding diaryl/α,β-unsaturated/α-hetero) is 1. The van der Waals surface area contributed by atoms with Crippen molar-refractivity contribution < 1.29 is 14.3 Å². The number of para-hydroxylation sites is 2. The SMILES string of the molecule is COc1ccccc1NC(C)C(=O)Nc1cccc(C(C)=O)c1. The van der Waals surface area contributed by atoms with Crippen molar-refractivity contribution >= 4 is 23.1 Å². The third kappa shape index (κ3) is 4.32. The molecule has 1 unspecified atom stereocenters. The third-order valence-electron chi connectivity index (χ3n) is 3.41. The van der Waals surface area contributed by atoms with E-state index in [4.69, 9.17) is 4.74 Å². The highest BCUT2D eigenvalue weighted by Crippen LogP contribution is 2.24. The van der Waals surface area contributed by atoms with E-state index >= 15 is 0 Å². The maximum Gasteiger partial charge on any atom is 0.246 e. The number of carbonyl (C=O) groups is 2. The molecule has 0 heterocycles. The molecule has 2 aromatic carbocycles. The predicted molar refractivity (Wildman–Crippen MR) is 91.2 cm³/mol. The number of hydrogen-bond donors (Lipinski definition) is 2. The van der Waals surface area contributed by atoms with E-state index in [0.29, 0.717) is 17.0 Å². The summed E-state index contributed by atoms with van der Waals surface area (Å²) in [4.78, 5) is 23.7. The van der Waals surface area contributed by atoms with Crippen LogP contribution in [0.2, 0.25) is 0 Å². The lowest BCUT2D eigenvalue weighted by atomic mass is 10.1. The van der Waals surface area contributed by atoms with Gasteiger partial charge in [-0.3, -0.25) is 9.59 Å². The molecule has 5 heteroatoms. The number of benzene rings is 2. The summed E-state index contributed by atoms with van der Waals surface area (Å²) in [6.07, 6.45) is 0. The van der Waals surface area contributed by atoms with Crippen LogP contribution in [0.3, 0.4) is 0 Å². The van der Waals surface area contributed by atoms with Crippen molar-refractivity contribution in [1.29, 1.82) is 0 Å². The minimum atomic E-state index is -0.465. The Bertz CT molecular complexity index is 713. The van der Waals surface area contributed by atoms with Crippen LogP contribution in [0.1, 0.15) is 24.2 Å². The normalized spacial score (nSPS) is 11.4. The molecule has 0 spiro atoms. The number of anilines is 2. The number of methoxy groups -OCH3 is 1. The molecule has 2 rings (SSSR count). The van der Waals surface area contributed by atoms with E-state index < -0.39 is 6.04 Å². The first-order valence-corrected chi connectivity index (χ1v) is 7.32. The van der Waals surface area contributed by atoms with Crippen molar-refractivity contribution in [3.05, 3.63) is 54.1 Å². The molecule has 2 aromatic rings. The van der Waals surface area contributed by atoms with E-state index in [1.165, 1.54) is 6.92 Å². The second-order valence-electron chi connectivity index (χ2n) is 5.19. The molecule has 0 saturated heterocycles. The molecule has 120 valence electrons. The molecule has 23 heavy (non-hydrogen) atoms. The van der Waals surface area contributed by atoms with Gasteiger partial charge in [0.15, 0.2) is 5.78 Å². The molecule has 0 aliphatic carbocycles. The van der Waals surface area contributed by atoms with Gasteiger partial charge in [0.25, 0.3) is 0 Å². The Kier molecular flexibility index (Phi) is 5.36. The molecule has 0 aliphatic heterocycles. The van der Waals surface area contributed by atoms with Gasteiger partial charge < -0.3 is 15.4 Å². The largest absolute Gasteiger partial charge is 0.495 e. The molecule has 0 aliphatic rings. The van der Waals surface area contributed by atoms with E-state index in [1.807, 2.05) is 24.3 Å². The first-order valence-electron chi connectivity index (χ1n) is 7.32. The van der Waals surface area contributed by atoms with Crippen molar-refractivity contribution in [3.63, 3.8) is 0 Å². The summed E-state index contributed by atoms with van der Waals surface area (Å²) in [6, 6.07) is 13.8. The van der Waals surface area contributed by atoms with E-state index in [1.54, 1.807) is 38.3 Å². The Balaban J connectivity index is 2.05. The average molecular weight is 312 g/mol. The maximum absolute atomic E-state index is 12.3. The van der Waals surface area contributed by atoms with Crippen molar-refractivity contribution in [3.8, 4) is 5.75 Å². The standard InChI is InChI=1S/C18H20N2O3/c1-12(19-16-9-4-5-10-17(16)23-3)18(22)20-15-8-6-7-14(11-15)13(2)21/h4-12,19H,1-3H3,(H,20,22). The molecule has 0 saturated carbocycles. The van der Waals surface area contributed by atoms with Crippen molar-refractivity contribution in [2.24, 2.45) is 0 Å². The van der Waals surface area contributed by atoms with Crippen LogP contribution in [0.15, 0.2) is 48.5 Å². The first kappa shape index (κ1) is 16.5. The summed E-state index contributed by atoms with van der Waals surface area (Å²) in [5.74, 6) is 0.434. The molecule has 0 radical (unpaired) electrons. The number of ether oxygens (including phenoxy) is 1. The van der Waals surface area contributed by atoms with Crippen molar-refractivity contribution in [2.45, 2.75) is 19.9 Å². The van der Waals surface area contributed by atoms with Gasteiger partial charge in [-0.15, -0.1) is 0 Å². The smallest absolute Gasteiger partial charge is 0.246 e. The molecule has 1 amide bonds. The van der Waals surface area contributed by atoms with E-state index in [0.717, 1.165) is 5.69 Å². The van der Waals surface area contributed by atoms with E-state index in [9.17, 15) is 9.59 Å². The second-order valence-corrected chi connectivity index (χ2v) is 5.19. The Hall–Kier alpha value is -2.82. The molecular weight excluding hydrogens is 292 g/mol. The van der Waals surface area contributed by atoms with Crippen molar-refractivity contribution in [1.82, 2.24) is 0 Å². The molecule has 0 fully saturated rings. The van der Waals surface area contributed by atoms with Crippen LogP contribution in [0.5, 0.6) is 5.75 Å². The molecule has 1 atom stereocenters. The zero-order valence-electron chi connectivity index (χ0n) is 13.4. The third-order valence-corrected chi connectivity index (χ3v) is 3.41. The zero-order valence-corrected chi connectivity index (χ0v) is 13.4. The minimum Gasteiger partial charge on any atom is -0.495 e. The van der Waals surface area contributed by atoms with Gasteiger partial charge in [0.05, 0.1) is 12.8 Å². The molecule has 0 bridgehead atoms. The number of ketones is 1. The van der Waals surface area contributed by atoms with Gasteiger partial charge in [-0.1, -0.05) is 24.3 Å². The second kappa shape index (κ2) is 7.45. The number of hydrogen-bond acceptors (Lipinski definition) is 4. The fourth-order valence-electron chi connectivity index (χ4n) is 2.13. The number of carbonyl (C=O) groups excluding carboxylic acids is 2. The van der Waals surface area contributed by atoms with Gasteiger partial charge in [0.2, 0.25) is 5.91 Å². The lowest BCUT2D eigenvalue weighted by Gasteiger charge is -2.17. The highest BCUT2D eigenvalue weighted by Gasteiger charge is 2.15. The van der Waals surface area contributed by atoms with Gasteiger partial charge in [0.1, 0.15) is 11.8 Å². The fourth-order valence-corrected chi connectivity index (χ4v) is 2.13. The van der Waals surface area contributed by atoms with E-state index in [-0.39, 0.29) is 11.7 Å². The Morgan fingerprint density at radius 1 is 1.09 bits per heavy atom. The minimum absolute atomic E-state index is 0.0405. The van der Waals surface area contributed by atoms with Gasteiger partial charge >= 0.3 is 0 Å². The van der Waals surface area contributed by atoms with Gasteiger partial charge in [-0.25, -0.2) is 0 Å². The molecule has 2 N–H and O–H groups in total. The van der Waals surface area contributed by atoms with Crippen LogP contribution in [-0.2, 0) is 4.79 Å². The van der Waals surface area contributed by atoms with Crippen LogP contribution >= 0.6 is 0 Å². The van der Waals surface area contributed by atoms with Crippen LogP contribution < -0.4 is 15.4 Å². The van der Waals surface area contributed by atoms with Gasteiger partial charge in [-0.05, 0) is 38.1 Å². The summed E-state index contributed by atoms with van der Waals surface area (Å²) in [7, 11) is 1.58. The molecule has 0 aromatic heterocycles. The van der Waals surface area contributed by atoms with Gasteiger partial charge in [0, 0.05) is 11.3 Å². The number of amides is 1. The Labute approximate surface area is 135 Å². The Morgan fingerprint density at radius 3 is 2.52 bits per heavy atom. The van der Waals surface area contributed by atoms with Gasteiger partial charge in [-0.2, -0.15) is 0 Å². The fraction of sp³-hybridized carbons (Fsp3) is 0.222. The highest BCUT2D eigenvalue weighted by molar-refractivity contribution is 5.99. The quantitative estimate of drug-likeness (QED) is 0.803. The predicted octanol–water partition coefficient (Wildman–Crippen LogP) is 3.34. The number of nitrogens with one attached hydrogen (secondary N) is 2. The topological polar surface area (TPSA) is 67.4 Å². The summed E-state index contributed by atoms with van der Waals surface area (Å²) in [5.41, 5.74) is 1.90. The first-order chi connectivity index (χ1) is 11.0. The zero-order chi connectivity index (χ0) is 16.8. The van der Waals surface area contributed by atoms with E-state index in [2.05, 4.69) is 10.6 Å². The monoisotopic (exact) mass is 312 g/mol. The lowest BCUT2D eigenvalue weighted by molar-refractivity contribution is -0.116. The highest BCUT2D eigenvalue weighted by atomic mass is 16.5. The molecular formula is C18H20N2O3. The number of rotatable bonds is 6. The summed E-state index contributed by atoms with van der Waals surface area (Å²) < 4.78 is 5.25. The van der Waals surface area contributed by atoms with Crippen molar-refractivity contribution in [2.75, 3.05) is 17.7 Å². The summed E-state index contributed by atoms with van der Waals surface area (Å²) in [6.45, 7) is 3.25. The van der Waals surface area contributed by atoms with Crippen LogP contribution in [-0.4, -0.2) is 24.8 Å². The molecule has 5 nitrogen and oxygen atoms in total. The van der Waals surface area contributed by atoms with Crippen LogP contribution in [0.25, 0.3) is 0 Å². The lowest BCUT2D eigenvalue weighted by Crippen LogP contribution is -2.32. The maximum atomic E-state index is 12.3. The van der Waals surface area contributed by atoms with Crippen LogP contribution in [0.4, 0.5) is 11.4 Å².